The Morgan fingerprint density at radius 1 is 1.31 bits per heavy atom. The maximum absolute atomic E-state index is 12.5. The predicted molar refractivity (Wildman–Crippen MR) is 111 cm³/mol. The van der Waals surface area contributed by atoms with Crippen molar-refractivity contribution in [2.24, 2.45) is 0 Å². The molecule has 0 radical (unpaired) electrons. The van der Waals surface area contributed by atoms with Crippen molar-refractivity contribution in [1.82, 2.24) is 19.5 Å². The van der Waals surface area contributed by atoms with E-state index in [0.29, 0.717) is 16.7 Å². The van der Waals surface area contributed by atoms with Crippen LogP contribution in [-0.2, 0) is 25.7 Å². The number of fused-ring (bicyclic) bond motifs is 1. The molecule has 0 spiro atoms. The molecule has 11 nitrogen and oxygen atoms in total. The Morgan fingerprint density at radius 2 is 2.06 bits per heavy atom. The van der Waals surface area contributed by atoms with Crippen molar-refractivity contribution < 1.29 is 29.3 Å². The van der Waals surface area contributed by atoms with Crippen LogP contribution in [0.4, 0.5) is 5.82 Å². The number of hydrogen-bond donors (Lipinski definition) is 3. The molecule has 0 saturated carbocycles. The van der Waals surface area contributed by atoms with Gasteiger partial charge >= 0.3 is 0 Å². The summed E-state index contributed by atoms with van der Waals surface area (Å²) in [5.74, 6) is -0.824. The van der Waals surface area contributed by atoms with Crippen molar-refractivity contribution in [3.05, 3.63) is 42.5 Å². The summed E-state index contributed by atoms with van der Waals surface area (Å²) < 4.78 is 13.3. The van der Waals surface area contributed by atoms with Gasteiger partial charge in [-0.2, -0.15) is 0 Å². The van der Waals surface area contributed by atoms with E-state index in [9.17, 15) is 19.8 Å². The molecule has 32 heavy (non-hydrogen) atoms. The Labute approximate surface area is 182 Å². The number of aromatic hydroxyl groups is 1. The van der Waals surface area contributed by atoms with Gasteiger partial charge in [-0.05, 0) is 19.9 Å². The molecule has 168 valence electrons. The summed E-state index contributed by atoms with van der Waals surface area (Å²) in [6.07, 6.45) is -0.856. The number of para-hydroxylation sites is 1. The van der Waals surface area contributed by atoms with E-state index in [1.807, 2.05) is 0 Å². The van der Waals surface area contributed by atoms with E-state index in [0.717, 1.165) is 0 Å². The van der Waals surface area contributed by atoms with Gasteiger partial charge in [0, 0.05) is 12.0 Å². The van der Waals surface area contributed by atoms with Crippen molar-refractivity contribution in [2.45, 2.75) is 50.9 Å². The van der Waals surface area contributed by atoms with Gasteiger partial charge in [-0.15, -0.1) is 0 Å². The second-order valence-corrected chi connectivity index (χ2v) is 7.75. The van der Waals surface area contributed by atoms with E-state index >= 15 is 0 Å². The number of carbonyl (C=O) groups excluding carboxylic acids is 2. The minimum atomic E-state index is -1.99. The Balaban J connectivity index is 1.65. The molecule has 1 unspecified atom stereocenters. The van der Waals surface area contributed by atoms with Crippen molar-refractivity contribution in [3.63, 3.8) is 0 Å². The Kier molecular flexibility index (Phi) is 5.63. The molecule has 0 amide bonds. The molecule has 4 atom stereocenters. The second-order valence-electron chi connectivity index (χ2n) is 7.75. The lowest BCUT2D eigenvalue weighted by Crippen LogP contribution is -2.53. The van der Waals surface area contributed by atoms with Crippen LogP contribution in [0.1, 0.15) is 32.1 Å². The first-order valence-corrected chi connectivity index (χ1v) is 9.93. The van der Waals surface area contributed by atoms with Gasteiger partial charge in [0.2, 0.25) is 0 Å². The lowest BCUT2D eigenvalue weighted by Gasteiger charge is -2.30. The topological polar surface area (TPSA) is 163 Å². The first-order valence-electron chi connectivity index (χ1n) is 9.93. The standard InChI is InChI=1S/C21H23N5O6/c1-11(27)17(31-8-13-5-3-4-6-14(13)29)18-21(30,12(2)28)7-15(32-18)26-10-25-16-19(22)23-9-24-20(16)26/h3-6,9-10,15,17-18,29-30H,7-8H2,1-2H3,(H2,22,23,24)/t15-,17?,18-,21-/m1/s1. The number of imidazole rings is 1. The average Bonchev–Trinajstić information content (AvgIpc) is 3.32. The summed E-state index contributed by atoms with van der Waals surface area (Å²) in [5, 5.41) is 21.2. The van der Waals surface area contributed by atoms with Gasteiger partial charge < -0.3 is 25.4 Å². The second kappa shape index (κ2) is 8.26. The normalized spacial score (nSPS) is 24.0. The lowest BCUT2D eigenvalue weighted by atomic mass is 9.86. The highest BCUT2D eigenvalue weighted by Gasteiger charge is 2.56. The van der Waals surface area contributed by atoms with Gasteiger partial charge in [0.25, 0.3) is 0 Å². The van der Waals surface area contributed by atoms with Crippen LogP contribution in [0.3, 0.4) is 0 Å². The number of Topliss-reactive ketones (excluding diaryl/α,β-unsaturated/α-hetero) is 2. The molecule has 1 saturated heterocycles. The molecule has 1 aromatic carbocycles. The van der Waals surface area contributed by atoms with Crippen LogP contribution in [0.2, 0.25) is 0 Å². The highest BCUT2D eigenvalue weighted by atomic mass is 16.6. The highest BCUT2D eigenvalue weighted by Crippen LogP contribution is 2.41. The molecule has 3 heterocycles. The number of benzene rings is 1. The van der Waals surface area contributed by atoms with Crippen LogP contribution in [-0.4, -0.2) is 59.1 Å². The Hall–Kier alpha value is -3.41. The zero-order chi connectivity index (χ0) is 23.0. The highest BCUT2D eigenvalue weighted by molar-refractivity contribution is 5.89. The summed E-state index contributed by atoms with van der Waals surface area (Å²) in [7, 11) is 0. The van der Waals surface area contributed by atoms with E-state index in [4.69, 9.17) is 15.2 Å². The Bertz CT molecular complexity index is 1180. The summed E-state index contributed by atoms with van der Waals surface area (Å²) >= 11 is 0. The number of hydrogen-bond acceptors (Lipinski definition) is 10. The number of rotatable bonds is 7. The molecule has 4 N–H and O–H groups in total. The van der Waals surface area contributed by atoms with Crippen LogP contribution in [0, 0.1) is 0 Å². The number of aliphatic hydroxyl groups is 1. The molecule has 1 aliphatic rings. The molecule has 11 heteroatoms. The Morgan fingerprint density at radius 3 is 2.75 bits per heavy atom. The van der Waals surface area contributed by atoms with Crippen LogP contribution in [0.5, 0.6) is 5.75 Å². The van der Waals surface area contributed by atoms with E-state index in [2.05, 4.69) is 15.0 Å². The van der Waals surface area contributed by atoms with Crippen LogP contribution in [0.25, 0.3) is 11.2 Å². The van der Waals surface area contributed by atoms with Crippen LogP contribution >= 0.6 is 0 Å². The SMILES string of the molecule is CC(=O)C(OCc1ccccc1O)[C@H]1O[C@@H](n2cnc3c(N)ncnc32)C[C@@]1(O)C(C)=O. The van der Waals surface area contributed by atoms with Gasteiger partial charge in [0.1, 0.15) is 36.0 Å². The average molecular weight is 441 g/mol. The number of phenols is 1. The number of nitrogen functional groups attached to an aromatic ring is 1. The fraction of sp³-hybridized carbons (Fsp3) is 0.381. The quantitative estimate of drug-likeness (QED) is 0.480. The summed E-state index contributed by atoms with van der Waals surface area (Å²) in [6.45, 7) is 2.39. The molecule has 1 aliphatic heterocycles. The molecule has 1 fully saturated rings. The van der Waals surface area contributed by atoms with Crippen molar-refractivity contribution >= 4 is 28.5 Å². The van der Waals surface area contributed by atoms with E-state index in [-0.39, 0.29) is 24.6 Å². The minimum absolute atomic E-state index is 0.00371. The molecular weight excluding hydrogens is 418 g/mol. The third-order valence-corrected chi connectivity index (χ3v) is 5.65. The zero-order valence-corrected chi connectivity index (χ0v) is 17.5. The molecule has 3 aromatic rings. The number of anilines is 1. The molecular formula is C21H23N5O6. The number of carbonyl (C=O) groups is 2. The molecule has 0 bridgehead atoms. The van der Waals surface area contributed by atoms with E-state index in [1.165, 1.54) is 37.1 Å². The number of nitrogens with zero attached hydrogens (tertiary/aromatic N) is 4. The van der Waals surface area contributed by atoms with Crippen LogP contribution in [0.15, 0.2) is 36.9 Å². The van der Waals surface area contributed by atoms with E-state index < -0.39 is 35.6 Å². The number of ketones is 2. The van der Waals surface area contributed by atoms with Gasteiger partial charge in [0.15, 0.2) is 28.6 Å². The maximum Gasteiger partial charge on any atom is 0.167 e. The minimum Gasteiger partial charge on any atom is -0.508 e. The maximum atomic E-state index is 12.5. The van der Waals surface area contributed by atoms with Crippen molar-refractivity contribution in [3.8, 4) is 5.75 Å². The zero-order valence-electron chi connectivity index (χ0n) is 17.5. The lowest BCUT2D eigenvalue weighted by molar-refractivity contribution is -0.166. The number of ether oxygens (including phenoxy) is 2. The third kappa shape index (κ3) is 3.70. The summed E-state index contributed by atoms with van der Waals surface area (Å²) in [5.41, 5.74) is 5.01. The summed E-state index contributed by atoms with van der Waals surface area (Å²) in [4.78, 5) is 37.2. The van der Waals surface area contributed by atoms with Crippen molar-refractivity contribution in [2.75, 3.05) is 5.73 Å². The first kappa shape index (κ1) is 21.8. The smallest absolute Gasteiger partial charge is 0.167 e. The fourth-order valence-corrected chi connectivity index (χ4v) is 3.85. The first-order chi connectivity index (χ1) is 15.2. The largest absolute Gasteiger partial charge is 0.508 e. The number of phenolic OH excluding ortho intramolecular Hbond substituents is 1. The van der Waals surface area contributed by atoms with Crippen molar-refractivity contribution in [1.29, 1.82) is 0 Å². The third-order valence-electron chi connectivity index (χ3n) is 5.65. The predicted octanol–water partition coefficient (Wildman–Crippen LogP) is 0.896. The van der Waals surface area contributed by atoms with Crippen LogP contribution < -0.4 is 5.73 Å². The van der Waals surface area contributed by atoms with Gasteiger partial charge in [0.05, 0.1) is 12.9 Å². The van der Waals surface area contributed by atoms with Gasteiger partial charge in [-0.1, -0.05) is 18.2 Å². The number of aromatic nitrogens is 4. The molecule has 2 aromatic heterocycles. The van der Waals surface area contributed by atoms with Gasteiger partial charge in [-0.25, -0.2) is 15.0 Å². The van der Waals surface area contributed by atoms with Gasteiger partial charge in [-0.3, -0.25) is 14.2 Å². The fourth-order valence-electron chi connectivity index (χ4n) is 3.85. The monoisotopic (exact) mass is 441 g/mol. The summed E-state index contributed by atoms with van der Waals surface area (Å²) in [6, 6.07) is 6.51. The number of nitrogens with two attached hydrogens (primary N) is 1. The molecule has 4 rings (SSSR count). The van der Waals surface area contributed by atoms with E-state index in [1.54, 1.807) is 18.2 Å². The molecule has 0 aliphatic carbocycles.